The van der Waals surface area contributed by atoms with Crippen LogP contribution in [0.5, 0.6) is 0 Å². The lowest BCUT2D eigenvalue weighted by molar-refractivity contribution is -0.137. The van der Waals surface area contributed by atoms with Gasteiger partial charge in [0, 0.05) is 31.3 Å². The molecule has 2 amide bonds. The summed E-state index contributed by atoms with van der Waals surface area (Å²) in [5.41, 5.74) is 0. The van der Waals surface area contributed by atoms with E-state index in [0.29, 0.717) is 24.4 Å². The lowest BCUT2D eigenvalue weighted by atomic mass is 9.93. The predicted molar refractivity (Wildman–Crippen MR) is 87.3 cm³/mol. The van der Waals surface area contributed by atoms with Crippen molar-refractivity contribution in [2.75, 3.05) is 13.1 Å². The number of carbonyl (C=O) groups excluding carboxylic acids is 2. The fraction of sp³-hybridized carbons (Fsp3) is 0.562. The van der Waals surface area contributed by atoms with Gasteiger partial charge in [-0.3, -0.25) is 14.4 Å². The highest BCUT2D eigenvalue weighted by atomic mass is 32.1. The van der Waals surface area contributed by atoms with E-state index in [0.717, 1.165) is 24.3 Å². The minimum atomic E-state index is -0.783. The molecule has 126 valence electrons. The Morgan fingerprint density at radius 2 is 2.17 bits per heavy atom. The molecular formula is C16H22N2O4S. The van der Waals surface area contributed by atoms with E-state index in [1.54, 1.807) is 6.07 Å². The van der Waals surface area contributed by atoms with Crippen molar-refractivity contribution < 1.29 is 19.5 Å². The highest BCUT2D eigenvalue weighted by Gasteiger charge is 2.25. The maximum atomic E-state index is 12.6. The van der Waals surface area contributed by atoms with Crippen molar-refractivity contribution in [2.24, 2.45) is 5.92 Å². The number of nitrogens with zero attached hydrogens (tertiary/aromatic N) is 1. The molecule has 1 aliphatic heterocycles. The highest BCUT2D eigenvalue weighted by Crippen LogP contribution is 2.25. The van der Waals surface area contributed by atoms with E-state index in [-0.39, 0.29) is 24.2 Å². The standard InChI is InChI=1S/C16H22N2O4S/c1-11(19)17-9-13-5-6-14(23-13)16(22)18-8-2-3-12(10-18)4-7-15(20)21/h5-6,12H,2-4,7-10H2,1H3,(H,17,19)(H,20,21)/t12-/m0/s1. The van der Waals surface area contributed by atoms with Crippen LogP contribution in [0.15, 0.2) is 12.1 Å². The van der Waals surface area contributed by atoms with Crippen LogP contribution in [0.3, 0.4) is 0 Å². The number of likely N-dealkylation sites (tertiary alicyclic amines) is 1. The van der Waals surface area contributed by atoms with E-state index in [9.17, 15) is 14.4 Å². The average molecular weight is 338 g/mol. The third-order valence-corrected chi connectivity index (χ3v) is 5.03. The van der Waals surface area contributed by atoms with Crippen molar-refractivity contribution in [3.63, 3.8) is 0 Å². The Bertz CT molecular complexity index is 584. The first-order chi connectivity index (χ1) is 11.0. The number of nitrogens with one attached hydrogen (secondary N) is 1. The summed E-state index contributed by atoms with van der Waals surface area (Å²) < 4.78 is 0. The quantitative estimate of drug-likeness (QED) is 0.831. The lowest BCUT2D eigenvalue weighted by Crippen LogP contribution is -2.39. The van der Waals surface area contributed by atoms with E-state index in [2.05, 4.69) is 5.32 Å². The number of hydrogen-bond acceptors (Lipinski definition) is 4. The maximum absolute atomic E-state index is 12.6. The number of carboxylic acids is 1. The summed E-state index contributed by atoms with van der Waals surface area (Å²) >= 11 is 1.40. The first-order valence-corrected chi connectivity index (χ1v) is 8.61. The van der Waals surface area contributed by atoms with Crippen molar-refractivity contribution in [2.45, 2.75) is 39.2 Å². The monoisotopic (exact) mass is 338 g/mol. The molecule has 0 aliphatic carbocycles. The second kappa shape index (κ2) is 8.10. The third-order valence-electron chi connectivity index (χ3n) is 3.96. The van der Waals surface area contributed by atoms with Crippen LogP contribution in [0.2, 0.25) is 0 Å². The van der Waals surface area contributed by atoms with Gasteiger partial charge in [-0.1, -0.05) is 0 Å². The normalized spacial score (nSPS) is 17.8. The Kier molecular flexibility index (Phi) is 6.15. The third kappa shape index (κ3) is 5.35. The first kappa shape index (κ1) is 17.5. The Morgan fingerprint density at radius 3 is 2.87 bits per heavy atom. The van der Waals surface area contributed by atoms with Gasteiger partial charge in [0.15, 0.2) is 0 Å². The van der Waals surface area contributed by atoms with Crippen molar-refractivity contribution in [3.05, 3.63) is 21.9 Å². The number of aliphatic carboxylic acids is 1. The minimum absolute atomic E-state index is 0.00380. The largest absolute Gasteiger partial charge is 0.481 e. The SMILES string of the molecule is CC(=O)NCc1ccc(C(=O)N2CCC[C@@H](CCC(=O)O)C2)s1. The summed E-state index contributed by atoms with van der Waals surface area (Å²) in [5.74, 6) is -0.607. The molecule has 0 spiro atoms. The fourth-order valence-electron chi connectivity index (χ4n) is 2.77. The summed E-state index contributed by atoms with van der Waals surface area (Å²) in [6.07, 6.45) is 2.68. The van der Waals surface area contributed by atoms with Gasteiger partial charge in [0.25, 0.3) is 5.91 Å². The van der Waals surface area contributed by atoms with Crippen molar-refractivity contribution in [3.8, 4) is 0 Å². The molecule has 2 rings (SSSR count). The maximum Gasteiger partial charge on any atom is 0.303 e. The van der Waals surface area contributed by atoms with Gasteiger partial charge in [0.05, 0.1) is 11.4 Å². The molecule has 0 bridgehead atoms. The van der Waals surface area contributed by atoms with Crippen LogP contribution >= 0.6 is 11.3 Å². The molecule has 2 N–H and O–H groups in total. The van der Waals surface area contributed by atoms with Gasteiger partial charge in [-0.05, 0) is 37.3 Å². The smallest absolute Gasteiger partial charge is 0.303 e. The second-order valence-corrected chi connectivity index (χ2v) is 7.04. The molecule has 1 aliphatic rings. The number of carboxylic acid groups (broad SMARTS) is 1. The summed E-state index contributed by atoms with van der Waals surface area (Å²) in [6.45, 7) is 3.26. The Hall–Kier alpha value is -1.89. The fourth-order valence-corrected chi connectivity index (χ4v) is 3.68. The number of carbonyl (C=O) groups is 3. The molecule has 1 aromatic heterocycles. The van der Waals surface area contributed by atoms with Crippen LogP contribution < -0.4 is 5.32 Å². The summed E-state index contributed by atoms with van der Waals surface area (Å²) in [5, 5.41) is 11.5. The van der Waals surface area contributed by atoms with E-state index in [4.69, 9.17) is 5.11 Å². The molecule has 2 heterocycles. The van der Waals surface area contributed by atoms with Gasteiger partial charge < -0.3 is 15.3 Å². The number of piperidine rings is 1. The molecule has 1 fully saturated rings. The topological polar surface area (TPSA) is 86.7 Å². The van der Waals surface area contributed by atoms with Crippen molar-refractivity contribution in [1.29, 1.82) is 0 Å². The van der Waals surface area contributed by atoms with E-state index >= 15 is 0 Å². The zero-order chi connectivity index (χ0) is 16.8. The molecule has 0 radical (unpaired) electrons. The highest BCUT2D eigenvalue weighted by molar-refractivity contribution is 7.14. The van der Waals surface area contributed by atoms with Gasteiger partial charge in [-0.2, -0.15) is 0 Å². The van der Waals surface area contributed by atoms with Crippen LogP contribution in [-0.4, -0.2) is 40.9 Å². The van der Waals surface area contributed by atoms with Gasteiger partial charge in [0.2, 0.25) is 5.91 Å². The van der Waals surface area contributed by atoms with Crippen LogP contribution in [0, 0.1) is 5.92 Å². The summed E-state index contributed by atoms with van der Waals surface area (Å²) in [7, 11) is 0. The number of thiophene rings is 1. The lowest BCUT2D eigenvalue weighted by Gasteiger charge is -2.32. The van der Waals surface area contributed by atoms with Crippen molar-refractivity contribution >= 4 is 29.1 Å². The second-order valence-electron chi connectivity index (χ2n) is 5.87. The molecule has 1 saturated heterocycles. The van der Waals surface area contributed by atoms with Crippen LogP contribution in [0.25, 0.3) is 0 Å². The molecule has 0 saturated carbocycles. The molecule has 6 nitrogen and oxygen atoms in total. The molecule has 7 heteroatoms. The zero-order valence-electron chi connectivity index (χ0n) is 13.2. The van der Waals surface area contributed by atoms with Crippen LogP contribution in [0.4, 0.5) is 0 Å². The predicted octanol–water partition coefficient (Wildman–Crippen LogP) is 2.10. The molecular weight excluding hydrogens is 316 g/mol. The van der Waals surface area contributed by atoms with Crippen LogP contribution in [0.1, 0.15) is 47.2 Å². The minimum Gasteiger partial charge on any atom is -0.481 e. The van der Waals surface area contributed by atoms with E-state index < -0.39 is 5.97 Å². The van der Waals surface area contributed by atoms with Gasteiger partial charge in [-0.15, -0.1) is 11.3 Å². The number of amides is 2. The number of rotatable bonds is 6. The van der Waals surface area contributed by atoms with Gasteiger partial charge in [0.1, 0.15) is 0 Å². The van der Waals surface area contributed by atoms with Crippen LogP contribution in [-0.2, 0) is 16.1 Å². The first-order valence-electron chi connectivity index (χ1n) is 7.80. The summed E-state index contributed by atoms with van der Waals surface area (Å²) in [4.78, 5) is 37.6. The zero-order valence-corrected chi connectivity index (χ0v) is 14.0. The molecule has 0 unspecified atom stereocenters. The van der Waals surface area contributed by atoms with E-state index in [1.165, 1.54) is 18.3 Å². The Morgan fingerprint density at radius 1 is 1.39 bits per heavy atom. The van der Waals surface area contributed by atoms with Gasteiger partial charge in [-0.25, -0.2) is 0 Å². The molecule has 1 aromatic rings. The molecule has 1 atom stereocenters. The number of hydrogen-bond donors (Lipinski definition) is 2. The average Bonchev–Trinajstić information content (AvgIpc) is 2.99. The Labute approximate surface area is 139 Å². The Balaban J connectivity index is 1.91. The van der Waals surface area contributed by atoms with Crippen molar-refractivity contribution in [1.82, 2.24) is 10.2 Å². The van der Waals surface area contributed by atoms with Gasteiger partial charge >= 0.3 is 5.97 Å². The summed E-state index contributed by atoms with van der Waals surface area (Å²) in [6, 6.07) is 3.66. The van der Waals surface area contributed by atoms with E-state index in [1.807, 2.05) is 11.0 Å². The molecule has 0 aromatic carbocycles. The molecule has 23 heavy (non-hydrogen) atoms.